The zero-order valence-corrected chi connectivity index (χ0v) is 22.4. The van der Waals surface area contributed by atoms with Gasteiger partial charge >= 0.3 is 0 Å². The minimum atomic E-state index is -3.74. The molecule has 0 saturated carbocycles. The summed E-state index contributed by atoms with van der Waals surface area (Å²) in [4.78, 5) is 32.7. The molecule has 0 radical (unpaired) electrons. The number of anilines is 1. The Bertz CT molecular complexity index is 1800. The van der Waals surface area contributed by atoms with Crippen molar-refractivity contribution in [2.45, 2.75) is 48.6 Å². The number of aromatic nitrogens is 7. The number of nitrogen functional groups attached to an aromatic ring is 1. The van der Waals surface area contributed by atoms with Crippen LogP contribution in [-0.2, 0) is 9.84 Å². The Morgan fingerprint density at radius 3 is 2.55 bits per heavy atom. The number of hydrogen-bond acceptors (Lipinski definition) is 10. The Kier molecular flexibility index (Phi) is 5.56. The third-order valence-electron chi connectivity index (χ3n) is 8.02. The van der Waals surface area contributed by atoms with E-state index in [1.54, 1.807) is 18.6 Å². The van der Waals surface area contributed by atoms with Crippen LogP contribution in [0.2, 0.25) is 0 Å². The number of hydrogen-bond donors (Lipinski definition) is 2. The van der Waals surface area contributed by atoms with Gasteiger partial charge in [0.2, 0.25) is 5.82 Å². The largest absolute Gasteiger partial charge is 0.382 e. The normalized spacial score (nSPS) is 22.3. The SMILES string of the molecule is CS(=O)(=O)c1c(C2C[C@H]3CC[C@@H](C2)N3C(=O)c2ncn[nH]2)nc2c(-c3ccc(C4=CCN=C4)nc3)cnn2c1N. The summed E-state index contributed by atoms with van der Waals surface area (Å²) in [6.45, 7) is 0.649. The summed E-state index contributed by atoms with van der Waals surface area (Å²) in [5.74, 6) is -0.164. The van der Waals surface area contributed by atoms with Crippen molar-refractivity contribution >= 4 is 39.0 Å². The summed E-state index contributed by atoms with van der Waals surface area (Å²) in [6.07, 6.45) is 12.4. The van der Waals surface area contributed by atoms with Crippen molar-refractivity contribution < 1.29 is 13.2 Å². The summed E-state index contributed by atoms with van der Waals surface area (Å²) >= 11 is 0. The quantitative estimate of drug-likeness (QED) is 0.370. The molecule has 3 aliphatic rings. The van der Waals surface area contributed by atoms with E-state index in [4.69, 9.17) is 10.7 Å². The van der Waals surface area contributed by atoms with Crippen LogP contribution in [0.15, 0.2) is 46.8 Å². The molecule has 2 fully saturated rings. The molecule has 3 atom stereocenters. The summed E-state index contributed by atoms with van der Waals surface area (Å²) in [7, 11) is -3.74. The maximum absolute atomic E-state index is 13.1. The molecular weight excluding hydrogens is 532 g/mol. The predicted octanol–water partition coefficient (Wildman–Crippen LogP) is 1.91. The summed E-state index contributed by atoms with van der Waals surface area (Å²) in [6, 6.07) is 3.71. The Morgan fingerprint density at radius 2 is 1.93 bits per heavy atom. The second-order valence-corrected chi connectivity index (χ2v) is 12.4. The monoisotopic (exact) mass is 558 g/mol. The number of amides is 1. The first-order chi connectivity index (χ1) is 19.3. The first-order valence-corrected chi connectivity index (χ1v) is 14.9. The molecule has 4 aromatic rings. The van der Waals surface area contributed by atoms with Crippen LogP contribution in [0.4, 0.5) is 5.82 Å². The van der Waals surface area contributed by atoms with E-state index in [0.29, 0.717) is 36.3 Å². The Labute approximate surface area is 229 Å². The summed E-state index contributed by atoms with van der Waals surface area (Å²) in [5.41, 5.74) is 10.6. The maximum Gasteiger partial charge on any atom is 0.291 e. The van der Waals surface area contributed by atoms with Gasteiger partial charge in [-0.3, -0.25) is 19.9 Å². The van der Waals surface area contributed by atoms with E-state index in [2.05, 4.69) is 30.3 Å². The van der Waals surface area contributed by atoms with Crippen LogP contribution in [0, 0.1) is 0 Å². The number of carbonyl (C=O) groups is 1. The minimum absolute atomic E-state index is 0.00464. The van der Waals surface area contributed by atoms with Crippen molar-refractivity contribution in [2.75, 3.05) is 18.5 Å². The third-order valence-corrected chi connectivity index (χ3v) is 9.18. The number of aliphatic imine (C=N–C) groups is 1. The minimum Gasteiger partial charge on any atom is -0.382 e. The highest BCUT2D eigenvalue weighted by atomic mass is 32.2. The highest BCUT2D eigenvalue weighted by Crippen LogP contribution is 2.45. The van der Waals surface area contributed by atoms with Gasteiger partial charge in [-0.05, 0) is 31.7 Å². The molecule has 7 heterocycles. The molecule has 7 rings (SSSR count). The average molecular weight is 559 g/mol. The third kappa shape index (κ3) is 3.89. The first-order valence-electron chi connectivity index (χ1n) is 13.0. The number of piperidine rings is 1. The lowest BCUT2D eigenvalue weighted by atomic mass is 9.87. The standard InChI is InChI=1S/C26H26N10O3S/c1-40(38,39)22-21(16-8-17-3-4-18(9-16)35(17)26(37)24-30-13-31-34-24)33-25-19(12-32-36(25)23(22)27)14-2-5-20(29-11-14)15-6-7-28-10-15/h2,5-6,10-13,16-18H,3-4,7-9,27H2,1H3,(H,30,31,34)/t16?,17-,18+. The smallest absolute Gasteiger partial charge is 0.291 e. The molecule has 3 aliphatic heterocycles. The van der Waals surface area contributed by atoms with Crippen LogP contribution >= 0.6 is 0 Å². The molecule has 13 nitrogen and oxygen atoms in total. The first kappa shape index (κ1) is 24.6. The van der Waals surface area contributed by atoms with E-state index in [-0.39, 0.29) is 40.4 Å². The van der Waals surface area contributed by atoms with Crippen LogP contribution in [0.1, 0.15) is 53.6 Å². The number of rotatable bonds is 5. The van der Waals surface area contributed by atoms with E-state index in [1.807, 2.05) is 23.1 Å². The van der Waals surface area contributed by atoms with Crippen molar-refractivity contribution in [1.82, 2.24) is 39.7 Å². The van der Waals surface area contributed by atoms with Crippen molar-refractivity contribution in [1.29, 1.82) is 0 Å². The van der Waals surface area contributed by atoms with E-state index in [9.17, 15) is 13.2 Å². The molecule has 1 unspecified atom stereocenters. The van der Waals surface area contributed by atoms with Crippen LogP contribution in [0.5, 0.6) is 0 Å². The van der Waals surface area contributed by atoms with E-state index in [1.165, 1.54) is 10.8 Å². The number of nitrogens with zero attached hydrogens (tertiary/aromatic N) is 8. The van der Waals surface area contributed by atoms with Gasteiger partial charge < -0.3 is 10.6 Å². The van der Waals surface area contributed by atoms with Gasteiger partial charge in [0, 0.05) is 53.4 Å². The molecule has 40 heavy (non-hydrogen) atoms. The molecule has 2 saturated heterocycles. The van der Waals surface area contributed by atoms with Gasteiger partial charge in [0.1, 0.15) is 17.0 Å². The zero-order valence-electron chi connectivity index (χ0n) is 21.6. The molecule has 4 aromatic heterocycles. The molecule has 0 aliphatic carbocycles. The fourth-order valence-electron chi connectivity index (χ4n) is 6.29. The lowest BCUT2D eigenvalue weighted by molar-refractivity contribution is 0.0556. The van der Waals surface area contributed by atoms with Gasteiger partial charge in [-0.1, -0.05) is 12.1 Å². The van der Waals surface area contributed by atoms with Crippen LogP contribution in [0.3, 0.4) is 0 Å². The number of H-pyrrole nitrogens is 1. The Morgan fingerprint density at radius 1 is 1.12 bits per heavy atom. The number of aromatic amines is 1. The summed E-state index contributed by atoms with van der Waals surface area (Å²) in [5, 5.41) is 10.9. The predicted molar refractivity (Wildman–Crippen MR) is 146 cm³/mol. The van der Waals surface area contributed by atoms with Gasteiger partial charge in [0.05, 0.1) is 24.1 Å². The topological polar surface area (TPSA) is 177 Å². The molecular formula is C26H26N10O3S. The maximum atomic E-state index is 13.1. The lowest BCUT2D eigenvalue weighted by Crippen LogP contribution is -2.46. The second kappa shape index (κ2) is 9.05. The van der Waals surface area contributed by atoms with Gasteiger partial charge in [-0.2, -0.15) is 14.7 Å². The van der Waals surface area contributed by atoms with Gasteiger partial charge in [-0.15, -0.1) is 0 Å². The molecule has 3 N–H and O–H groups in total. The van der Waals surface area contributed by atoms with Gasteiger partial charge in [-0.25, -0.2) is 18.4 Å². The number of nitrogens with one attached hydrogen (secondary N) is 1. The van der Waals surface area contributed by atoms with E-state index in [0.717, 1.165) is 35.9 Å². The number of nitrogens with two attached hydrogens (primary N) is 1. The number of fused-ring (bicyclic) bond motifs is 3. The number of pyridine rings is 1. The number of carbonyl (C=O) groups excluding carboxylic acids is 1. The fraction of sp³-hybridized carbons (Fsp3) is 0.346. The van der Waals surface area contributed by atoms with Crippen molar-refractivity contribution in [3.63, 3.8) is 0 Å². The van der Waals surface area contributed by atoms with Gasteiger partial charge in [0.25, 0.3) is 5.91 Å². The van der Waals surface area contributed by atoms with Crippen molar-refractivity contribution in [3.05, 3.63) is 54.1 Å². The molecule has 1 amide bonds. The molecule has 204 valence electrons. The molecule has 14 heteroatoms. The Hall–Kier alpha value is -4.46. The average Bonchev–Trinajstić information content (AvgIpc) is 3.74. The fourth-order valence-corrected chi connectivity index (χ4v) is 7.35. The zero-order chi connectivity index (χ0) is 27.6. The van der Waals surface area contributed by atoms with E-state index >= 15 is 0 Å². The highest BCUT2D eigenvalue weighted by Gasteiger charge is 2.46. The van der Waals surface area contributed by atoms with Crippen molar-refractivity contribution in [3.8, 4) is 11.1 Å². The van der Waals surface area contributed by atoms with Gasteiger partial charge in [0.15, 0.2) is 15.5 Å². The molecule has 0 aromatic carbocycles. The number of sulfone groups is 1. The summed E-state index contributed by atoms with van der Waals surface area (Å²) < 4.78 is 27.5. The second-order valence-electron chi connectivity index (χ2n) is 10.5. The highest BCUT2D eigenvalue weighted by molar-refractivity contribution is 7.91. The molecule has 0 spiro atoms. The van der Waals surface area contributed by atoms with Crippen LogP contribution < -0.4 is 5.73 Å². The van der Waals surface area contributed by atoms with Crippen molar-refractivity contribution in [2.24, 2.45) is 4.99 Å². The Balaban J connectivity index is 1.29. The van der Waals surface area contributed by atoms with E-state index < -0.39 is 9.84 Å². The van der Waals surface area contributed by atoms with Crippen LogP contribution in [0.25, 0.3) is 22.3 Å². The van der Waals surface area contributed by atoms with Crippen LogP contribution in [-0.4, -0.2) is 85.1 Å². The molecule has 2 bridgehead atoms. The number of allylic oxidation sites excluding steroid dienone is 1. The lowest BCUT2D eigenvalue weighted by Gasteiger charge is -2.38.